The largest absolute Gasteiger partial charge is 0.497 e. The van der Waals surface area contributed by atoms with E-state index >= 15 is 0 Å². The number of aryl methyl sites for hydroxylation is 2. The van der Waals surface area contributed by atoms with Gasteiger partial charge in [-0.05, 0) is 61.7 Å². The summed E-state index contributed by atoms with van der Waals surface area (Å²) >= 11 is 0. The maximum atomic E-state index is 5.17. The molecule has 0 fully saturated rings. The van der Waals surface area contributed by atoms with Crippen LogP contribution in [0.1, 0.15) is 23.6 Å². The van der Waals surface area contributed by atoms with Gasteiger partial charge in [0.05, 0.1) is 12.8 Å². The Kier molecular flexibility index (Phi) is 4.00. The SMILES string of the molecule is COc1ccc(C(C)=Nc2c(C)cccc2C)cc1. The number of rotatable bonds is 3. The van der Waals surface area contributed by atoms with Crippen LogP contribution in [0.25, 0.3) is 0 Å². The molecule has 0 unspecified atom stereocenters. The molecule has 98 valence electrons. The second-order valence-corrected chi connectivity index (χ2v) is 4.67. The van der Waals surface area contributed by atoms with Crippen molar-refractivity contribution in [1.82, 2.24) is 0 Å². The molecule has 0 saturated heterocycles. The van der Waals surface area contributed by atoms with E-state index in [2.05, 4.69) is 32.0 Å². The number of ether oxygens (including phenoxy) is 1. The van der Waals surface area contributed by atoms with E-state index in [4.69, 9.17) is 9.73 Å². The standard InChI is InChI=1S/C17H19NO/c1-12-6-5-7-13(2)17(12)18-14(3)15-8-10-16(19-4)11-9-15/h5-11H,1-4H3. The molecule has 2 heteroatoms. The molecule has 0 bridgehead atoms. The first-order chi connectivity index (χ1) is 9.11. The van der Waals surface area contributed by atoms with Crippen LogP contribution in [-0.4, -0.2) is 12.8 Å². The minimum Gasteiger partial charge on any atom is -0.497 e. The van der Waals surface area contributed by atoms with Gasteiger partial charge in [0.2, 0.25) is 0 Å². The van der Waals surface area contributed by atoms with Crippen LogP contribution in [0.2, 0.25) is 0 Å². The highest BCUT2D eigenvalue weighted by atomic mass is 16.5. The highest BCUT2D eigenvalue weighted by molar-refractivity contribution is 6.00. The summed E-state index contributed by atoms with van der Waals surface area (Å²) in [4.78, 5) is 4.76. The number of benzene rings is 2. The summed E-state index contributed by atoms with van der Waals surface area (Å²) < 4.78 is 5.17. The Labute approximate surface area is 114 Å². The number of nitrogens with zero attached hydrogens (tertiary/aromatic N) is 1. The molecule has 0 amide bonds. The van der Waals surface area contributed by atoms with Crippen molar-refractivity contribution >= 4 is 11.4 Å². The first kappa shape index (κ1) is 13.3. The van der Waals surface area contributed by atoms with Gasteiger partial charge in [-0.2, -0.15) is 0 Å². The van der Waals surface area contributed by atoms with Crippen LogP contribution >= 0.6 is 0 Å². The molecule has 19 heavy (non-hydrogen) atoms. The van der Waals surface area contributed by atoms with Gasteiger partial charge in [0.15, 0.2) is 0 Å². The highest BCUT2D eigenvalue weighted by Crippen LogP contribution is 2.24. The van der Waals surface area contributed by atoms with Crippen molar-refractivity contribution in [2.45, 2.75) is 20.8 Å². The lowest BCUT2D eigenvalue weighted by Gasteiger charge is -2.07. The quantitative estimate of drug-likeness (QED) is 0.740. The van der Waals surface area contributed by atoms with Gasteiger partial charge < -0.3 is 4.74 Å². The molecule has 0 saturated carbocycles. The summed E-state index contributed by atoms with van der Waals surface area (Å²) in [7, 11) is 1.67. The van der Waals surface area contributed by atoms with Crippen molar-refractivity contribution in [3.63, 3.8) is 0 Å². The summed E-state index contributed by atoms with van der Waals surface area (Å²) in [5, 5.41) is 0. The first-order valence-electron chi connectivity index (χ1n) is 6.37. The summed E-state index contributed by atoms with van der Waals surface area (Å²) in [6, 6.07) is 14.2. The molecule has 0 aliphatic carbocycles. The second-order valence-electron chi connectivity index (χ2n) is 4.67. The Bertz CT molecular complexity index is 577. The van der Waals surface area contributed by atoms with Crippen molar-refractivity contribution in [3.8, 4) is 5.75 Å². The lowest BCUT2D eigenvalue weighted by atomic mass is 10.1. The van der Waals surface area contributed by atoms with Crippen LogP contribution in [0.4, 0.5) is 5.69 Å². The van der Waals surface area contributed by atoms with Crippen LogP contribution in [0.15, 0.2) is 47.5 Å². The lowest BCUT2D eigenvalue weighted by molar-refractivity contribution is 0.415. The normalized spacial score (nSPS) is 11.5. The van der Waals surface area contributed by atoms with Gasteiger partial charge >= 0.3 is 0 Å². The minimum absolute atomic E-state index is 0.864. The van der Waals surface area contributed by atoms with Crippen molar-refractivity contribution in [1.29, 1.82) is 0 Å². The zero-order valence-electron chi connectivity index (χ0n) is 11.9. The minimum atomic E-state index is 0.864. The Morgan fingerprint density at radius 1 is 0.947 bits per heavy atom. The monoisotopic (exact) mass is 253 g/mol. The summed E-state index contributed by atoms with van der Waals surface area (Å²) in [6.45, 7) is 6.22. The van der Waals surface area contributed by atoms with Crippen molar-refractivity contribution < 1.29 is 4.74 Å². The number of para-hydroxylation sites is 1. The van der Waals surface area contributed by atoms with Crippen LogP contribution in [-0.2, 0) is 0 Å². The molecule has 0 aromatic heterocycles. The van der Waals surface area contributed by atoms with Gasteiger partial charge in [-0.25, -0.2) is 0 Å². The maximum absolute atomic E-state index is 5.17. The summed E-state index contributed by atoms with van der Waals surface area (Å²) in [6.07, 6.45) is 0. The Hall–Kier alpha value is -2.09. The predicted octanol–water partition coefficient (Wildman–Crippen LogP) is 4.45. The van der Waals surface area contributed by atoms with E-state index in [-0.39, 0.29) is 0 Å². The van der Waals surface area contributed by atoms with Crippen LogP contribution < -0.4 is 4.74 Å². The van der Waals surface area contributed by atoms with Gasteiger partial charge in [0, 0.05) is 5.71 Å². The zero-order valence-corrected chi connectivity index (χ0v) is 11.9. The summed E-state index contributed by atoms with van der Waals surface area (Å²) in [5.41, 5.74) is 5.60. The van der Waals surface area contributed by atoms with Crippen LogP contribution in [0, 0.1) is 13.8 Å². The Balaban J connectivity index is 2.37. The van der Waals surface area contributed by atoms with Gasteiger partial charge in [-0.3, -0.25) is 4.99 Å². The first-order valence-corrected chi connectivity index (χ1v) is 6.37. The second kappa shape index (κ2) is 5.70. The zero-order chi connectivity index (χ0) is 13.8. The molecule has 0 aliphatic rings. The van der Waals surface area contributed by atoms with E-state index < -0.39 is 0 Å². The third-order valence-corrected chi connectivity index (χ3v) is 3.23. The average Bonchev–Trinajstić information content (AvgIpc) is 2.43. The molecular formula is C17H19NO. The van der Waals surface area contributed by atoms with Gasteiger partial charge in [-0.15, -0.1) is 0 Å². The fraction of sp³-hybridized carbons (Fsp3) is 0.235. The van der Waals surface area contributed by atoms with E-state index in [0.717, 1.165) is 22.7 Å². The van der Waals surface area contributed by atoms with Gasteiger partial charge in [0.25, 0.3) is 0 Å². The highest BCUT2D eigenvalue weighted by Gasteiger charge is 2.03. The fourth-order valence-corrected chi connectivity index (χ4v) is 2.05. The molecule has 0 radical (unpaired) electrons. The molecule has 2 nitrogen and oxygen atoms in total. The van der Waals surface area contributed by atoms with E-state index in [1.54, 1.807) is 7.11 Å². The molecule has 0 heterocycles. The number of aliphatic imine (C=N–C) groups is 1. The molecule has 0 spiro atoms. The molecular weight excluding hydrogens is 234 g/mol. The molecule has 0 N–H and O–H groups in total. The van der Waals surface area contributed by atoms with E-state index in [0.29, 0.717) is 0 Å². The van der Waals surface area contributed by atoms with Crippen molar-refractivity contribution in [2.24, 2.45) is 4.99 Å². The summed E-state index contributed by atoms with van der Waals surface area (Å²) in [5.74, 6) is 0.864. The predicted molar refractivity (Wildman–Crippen MR) is 80.8 cm³/mol. The molecule has 2 rings (SSSR count). The number of hydrogen-bond acceptors (Lipinski definition) is 2. The van der Waals surface area contributed by atoms with E-state index in [9.17, 15) is 0 Å². The number of hydrogen-bond donors (Lipinski definition) is 0. The average molecular weight is 253 g/mol. The van der Waals surface area contributed by atoms with E-state index in [1.807, 2.05) is 31.2 Å². The fourth-order valence-electron chi connectivity index (χ4n) is 2.05. The van der Waals surface area contributed by atoms with Gasteiger partial charge in [0.1, 0.15) is 5.75 Å². The lowest BCUT2D eigenvalue weighted by Crippen LogP contribution is -1.95. The maximum Gasteiger partial charge on any atom is 0.118 e. The third-order valence-electron chi connectivity index (χ3n) is 3.23. The van der Waals surface area contributed by atoms with E-state index in [1.165, 1.54) is 11.1 Å². The third kappa shape index (κ3) is 3.02. The molecule has 2 aromatic carbocycles. The topological polar surface area (TPSA) is 21.6 Å². The van der Waals surface area contributed by atoms with Gasteiger partial charge in [-0.1, -0.05) is 18.2 Å². The molecule has 0 atom stereocenters. The van der Waals surface area contributed by atoms with Crippen molar-refractivity contribution in [3.05, 3.63) is 59.2 Å². The van der Waals surface area contributed by atoms with Crippen molar-refractivity contribution in [2.75, 3.05) is 7.11 Å². The Morgan fingerprint density at radius 3 is 2.05 bits per heavy atom. The van der Waals surface area contributed by atoms with Crippen LogP contribution in [0.3, 0.4) is 0 Å². The Morgan fingerprint density at radius 2 is 1.53 bits per heavy atom. The smallest absolute Gasteiger partial charge is 0.118 e. The number of methoxy groups -OCH3 is 1. The molecule has 0 aliphatic heterocycles. The molecule has 2 aromatic rings. The van der Waals surface area contributed by atoms with Crippen LogP contribution in [0.5, 0.6) is 5.75 Å².